The highest BCUT2D eigenvalue weighted by Crippen LogP contribution is 2.24. The molecule has 92 valence electrons. The Kier molecular flexibility index (Phi) is 3.43. The van der Waals surface area contributed by atoms with Crippen LogP contribution in [0.25, 0.3) is 5.78 Å². The quantitative estimate of drug-likeness (QED) is 0.755. The minimum absolute atomic E-state index is 0.594. The molecule has 0 aromatic carbocycles. The molecule has 2 aromatic rings. The Balaban J connectivity index is 0.000000514. The lowest BCUT2D eigenvalue weighted by Crippen LogP contribution is -2.41. The van der Waals surface area contributed by atoms with Crippen LogP contribution in [-0.2, 0) is 0 Å². The molecule has 0 amide bonds. The summed E-state index contributed by atoms with van der Waals surface area (Å²) in [6.07, 6.45) is 6.03. The molecule has 1 aliphatic heterocycles. The molecule has 0 unspecified atom stereocenters. The second kappa shape index (κ2) is 4.84. The van der Waals surface area contributed by atoms with Crippen LogP contribution in [0.1, 0.15) is 31.0 Å². The van der Waals surface area contributed by atoms with Crippen LogP contribution in [0.3, 0.4) is 0 Å². The van der Waals surface area contributed by atoms with Gasteiger partial charge in [-0.05, 0) is 19.5 Å². The second-order valence-electron chi connectivity index (χ2n) is 4.42. The topological polar surface area (TPSA) is 33.4 Å². The fraction of sp³-hybridized carbons (Fsp3) is 0.538. The van der Waals surface area contributed by atoms with Gasteiger partial charge in [-0.15, -0.1) is 0 Å². The van der Waals surface area contributed by atoms with Crippen LogP contribution in [0.2, 0.25) is 0 Å². The lowest BCUT2D eigenvalue weighted by Gasteiger charge is -2.34. The molecule has 1 fully saturated rings. The summed E-state index contributed by atoms with van der Waals surface area (Å²) in [5.41, 5.74) is 2.34. The Bertz CT molecular complexity index is 497. The van der Waals surface area contributed by atoms with Gasteiger partial charge in [-0.25, -0.2) is 9.97 Å². The first-order valence-corrected chi connectivity index (χ1v) is 6.22. The van der Waals surface area contributed by atoms with Gasteiger partial charge in [0.25, 0.3) is 0 Å². The first-order valence-electron chi connectivity index (χ1n) is 6.22. The predicted octanol–water partition coefficient (Wildman–Crippen LogP) is 2.09. The molecule has 0 bridgehead atoms. The maximum Gasteiger partial charge on any atom is 0.233 e. The summed E-state index contributed by atoms with van der Waals surface area (Å²) in [5.74, 6) is 1.40. The van der Waals surface area contributed by atoms with E-state index >= 15 is 0 Å². The summed E-state index contributed by atoms with van der Waals surface area (Å²) in [4.78, 5) is 11.1. The van der Waals surface area contributed by atoms with Gasteiger partial charge in [-0.3, -0.25) is 4.40 Å². The molecule has 0 radical (unpaired) electrons. The van der Waals surface area contributed by atoms with Gasteiger partial charge in [0, 0.05) is 37.6 Å². The zero-order valence-corrected chi connectivity index (χ0v) is 11.0. The van der Waals surface area contributed by atoms with Gasteiger partial charge in [-0.1, -0.05) is 13.8 Å². The highest BCUT2D eigenvalue weighted by Gasteiger charge is 2.27. The lowest BCUT2D eigenvalue weighted by atomic mass is 9.98. The van der Waals surface area contributed by atoms with Crippen molar-refractivity contribution < 1.29 is 0 Å². The van der Waals surface area contributed by atoms with Crippen molar-refractivity contribution in [1.82, 2.24) is 19.3 Å². The molecule has 0 atom stereocenters. The van der Waals surface area contributed by atoms with Gasteiger partial charge in [0.1, 0.15) is 0 Å². The number of aryl methyl sites for hydroxylation is 1. The van der Waals surface area contributed by atoms with E-state index in [4.69, 9.17) is 0 Å². The van der Waals surface area contributed by atoms with E-state index in [2.05, 4.69) is 34.3 Å². The summed E-state index contributed by atoms with van der Waals surface area (Å²) in [7, 11) is 2.13. The van der Waals surface area contributed by atoms with Gasteiger partial charge in [0.15, 0.2) is 0 Å². The number of hydrogen-bond donors (Lipinski definition) is 0. The molecule has 1 aliphatic rings. The van der Waals surface area contributed by atoms with Crippen LogP contribution in [0.15, 0.2) is 18.6 Å². The van der Waals surface area contributed by atoms with E-state index in [0.29, 0.717) is 5.92 Å². The number of hydrogen-bond acceptors (Lipinski definition) is 3. The first kappa shape index (κ1) is 12.0. The van der Waals surface area contributed by atoms with E-state index in [9.17, 15) is 0 Å². The molecule has 3 heterocycles. The molecular formula is C13H20N4. The van der Waals surface area contributed by atoms with E-state index < -0.39 is 0 Å². The molecule has 17 heavy (non-hydrogen) atoms. The van der Waals surface area contributed by atoms with Gasteiger partial charge in [-0.2, -0.15) is 0 Å². The molecule has 3 rings (SSSR count). The average molecular weight is 232 g/mol. The normalized spacial score (nSPS) is 16.5. The van der Waals surface area contributed by atoms with Crippen LogP contribution >= 0.6 is 0 Å². The molecule has 0 N–H and O–H groups in total. The van der Waals surface area contributed by atoms with Crippen molar-refractivity contribution in [3.8, 4) is 0 Å². The van der Waals surface area contributed by atoms with Crippen LogP contribution in [0, 0.1) is 6.92 Å². The van der Waals surface area contributed by atoms with E-state index in [0.717, 1.165) is 24.4 Å². The van der Waals surface area contributed by atoms with Crippen LogP contribution in [-0.4, -0.2) is 39.4 Å². The fourth-order valence-corrected chi connectivity index (χ4v) is 2.09. The number of likely N-dealkylation sites (tertiary alicyclic amines) is 1. The average Bonchev–Trinajstić information content (AvgIpc) is 2.70. The zero-order chi connectivity index (χ0) is 12.4. The van der Waals surface area contributed by atoms with Gasteiger partial charge in [0.2, 0.25) is 5.78 Å². The van der Waals surface area contributed by atoms with E-state index in [-0.39, 0.29) is 0 Å². The largest absolute Gasteiger partial charge is 0.305 e. The highest BCUT2D eigenvalue weighted by atomic mass is 15.2. The lowest BCUT2D eigenvalue weighted by molar-refractivity contribution is 0.187. The van der Waals surface area contributed by atoms with Crippen molar-refractivity contribution in [2.45, 2.75) is 26.7 Å². The Morgan fingerprint density at radius 2 is 1.94 bits per heavy atom. The Hall–Kier alpha value is -1.42. The Morgan fingerprint density at radius 3 is 2.59 bits per heavy atom. The SMILES string of the molecule is CC.Cc1cnc2nc(C3CN(C)C3)cn2c1. The van der Waals surface area contributed by atoms with Crippen molar-refractivity contribution in [3.63, 3.8) is 0 Å². The minimum Gasteiger partial charge on any atom is -0.305 e. The number of nitrogens with zero attached hydrogens (tertiary/aromatic N) is 4. The molecule has 4 nitrogen and oxygen atoms in total. The van der Waals surface area contributed by atoms with E-state index in [1.165, 1.54) is 5.69 Å². The van der Waals surface area contributed by atoms with Gasteiger partial charge in [0.05, 0.1) is 5.69 Å². The fourth-order valence-electron chi connectivity index (χ4n) is 2.09. The van der Waals surface area contributed by atoms with E-state index in [1.54, 1.807) is 0 Å². The standard InChI is InChI=1S/C11H14N4.C2H6/c1-8-3-12-11-13-10(7-15(11)4-8)9-5-14(2)6-9;1-2/h3-4,7,9H,5-6H2,1-2H3;1-2H3. The monoisotopic (exact) mass is 232 g/mol. The molecule has 0 spiro atoms. The third kappa shape index (κ3) is 2.31. The number of rotatable bonds is 1. The summed E-state index contributed by atoms with van der Waals surface area (Å²) < 4.78 is 2.02. The second-order valence-corrected chi connectivity index (χ2v) is 4.42. The minimum atomic E-state index is 0.594. The molecule has 4 heteroatoms. The zero-order valence-electron chi connectivity index (χ0n) is 11.0. The van der Waals surface area contributed by atoms with Crippen molar-refractivity contribution in [3.05, 3.63) is 29.8 Å². The number of fused-ring (bicyclic) bond motifs is 1. The predicted molar refractivity (Wildman–Crippen MR) is 69.3 cm³/mol. The van der Waals surface area contributed by atoms with Crippen molar-refractivity contribution >= 4 is 5.78 Å². The van der Waals surface area contributed by atoms with Crippen LogP contribution in [0.5, 0.6) is 0 Å². The van der Waals surface area contributed by atoms with E-state index in [1.807, 2.05) is 31.4 Å². The molecular weight excluding hydrogens is 212 g/mol. The molecule has 1 saturated heterocycles. The molecule has 2 aromatic heterocycles. The van der Waals surface area contributed by atoms with Gasteiger partial charge < -0.3 is 4.90 Å². The maximum absolute atomic E-state index is 4.54. The van der Waals surface area contributed by atoms with Crippen molar-refractivity contribution in [1.29, 1.82) is 0 Å². The van der Waals surface area contributed by atoms with Crippen molar-refractivity contribution in [2.24, 2.45) is 0 Å². The van der Waals surface area contributed by atoms with Gasteiger partial charge >= 0.3 is 0 Å². The number of likely N-dealkylation sites (N-methyl/N-ethyl adjacent to an activating group) is 1. The highest BCUT2D eigenvalue weighted by molar-refractivity contribution is 5.33. The maximum atomic E-state index is 4.54. The third-order valence-corrected chi connectivity index (χ3v) is 2.94. The molecule has 0 saturated carbocycles. The summed E-state index contributed by atoms with van der Waals surface area (Å²) in [6.45, 7) is 8.27. The Morgan fingerprint density at radius 1 is 1.24 bits per heavy atom. The molecule has 0 aliphatic carbocycles. The number of imidazole rings is 1. The smallest absolute Gasteiger partial charge is 0.233 e. The summed E-state index contributed by atoms with van der Waals surface area (Å²) >= 11 is 0. The number of aromatic nitrogens is 3. The van der Waals surface area contributed by atoms with Crippen LogP contribution in [0.4, 0.5) is 0 Å². The summed E-state index contributed by atoms with van der Waals surface area (Å²) in [5, 5.41) is 0. The van der Waals surface area contributed by atoms with Crippen molar-refractivity contribution in [2.75, 3.05) is 20.1 Å². The first-order chi connectivity index (χ1) is 8.22. The Labute approximate surface area is 102 Å². The van der Waals surface area contributed by atoms with Crippen LogP contribution < -0.4 is 0 Å². The summed E-state index contributed by atoms with van der Waals surface area (Å²) in [6, 6.07) is 0. The third-order valence-electron chi connectivity index (χ3n) is 2.94.